The highest BCUT2D eigenvalue weighted by molar-refractivity contribution is 6.04. The van der Waals surface area contributed by atoms with Crippen molar-refractivity contribution >= 4 is 11.6 Å². The molecule has 3 aromatic rings. The Morgan fingerprint density at radius 2 is 1.93 bits per heavy atom. The van der Waals surface area contributed by atoms with Crippen LogP contribution in [0.15, 0.2) is 54.6 Å². The highest BCUT2D eigenvalue weighted by Gasteiger charge is 2.09. The van der Waals surface area contributed by atoms with Crippen LogP contribution in [0.5, 0.6) is 5.75 Å². The van der Waals surface area contributed by atoms with Gasteiger partial charge in [-0.1, -0.05) is 25.1 Å². The van der Waals surface area contributed by atoms with Crippen molar-refractivity contribution in [2.24, 2.45) is 0 Å². The second-order valence-corrected chi connectivity index (χ2v) is 6.62. The summed E-state index contributed by atoms with van der Waals surface area (Å²) in [5, 5.41) is 7.42. The molecule has 1 amide bonds. The lowest BCUT2D eigenvalue weighted by Crippen LogP contribution is -2.13. The van der Waals surface area contributed by atoms with E-state index < -0.39 is 0 Å². The van der Waals surface area contributed by atoms with Crippen LogP contribution in [0.3, 0.4) is 0 Å². The minimum absolute atomic E-state index is 0.141. The van der Waals surface area contributed by atoms with E-state index in [0.29, 0.717) is 18.7 Å². The number of amides is 1. The van der Waals surface area contributed by atoms with Crippen LogP contribution in [0.4, 0.5) is 5.69 Å². The van der Waals surface area contributed by atoms with Crippen LogP contribution in [0, 0.1) is 13.8 Å². The van der Waals surface area contributed by atoms with Crippen molar-refractivity contribution < 1.29 is 9.53 Å². The number of nitrogens with zero attached hydrogens (tertiary/aromatic N) is 2. The van der Waals surface area contributed by atoms with Gasteiger partial charge >= 0.3 is 0 Å². The first-order valence-electron chi connectivity index (χ1n) is 9.19. The summed E-state index contributed by atoms with van der Waals surface area (Å²) in [5.74, 6) is 0.616. The van der Waals surface area contributed by atoms with E-state index in [2.05, 4.69) is 17.3 Å². The Morgan fingerprint density at radius 3 is 2.67 bits per heavy atom. The third kappa shape index (κ3) is 4.97. The molecule has 27 heavy (non-hydrogen) atoms. The van der Waals surface area contributed by atoms with Crippen molar-refractivity contribution in [1.29, 1.82) is 0 Å². The molecule has 0 saturated carbocycles. The molecule has 2 aromatic carbocycles. The highest BCUT2D eigenvalue weighted by atomic mass is 16.5. The number of nitrogens with one attached hydrogen (secondary N) is 1. The number of carbonyl (C=O) groups excluding carboxylic acids is 1. The summed E-state index contributed by atoms with van der Waals surface area (Å²) in [5.41, 5.74) is 4.47. The normalized spacial score (nSPS) is 10.6. The molecule has 0 radical (unpaired) electrons. The molecule has 0 fully saturated rings. The molecular formula is C22H25N3O2. The van der Waals surface area contributed by atoms with Gasteiger partial charge in [0, 0.05) is 23.0 Å². The summed E-state index contributed by atoms with van der Waals surface area (Å²) in [6.45, 7) is 7.37. The average molecular weight is 363 g/mol. The van der Waals surface area contributed by atoms with E-state index in [9.17, 15) is 4.79 Å². The fourth-order valence-electron chi connectivity index (χ4n) is 2.91. The zero-order valence-electron chi connectivity index (χ0n) is 16.0. The molecule has 0 unspecified atom stereocenters. The van der Waals surface area contributed by atoms with Gasteiger partial charge in [-0.15, -0.1) is 0 Å². The van der Waals surface area contributed by atoms with Gasteiger partial charge in [0.1, 0.15) is 5.75 Å². The summed E-state index contributed by atoms with van der Waals surface area (Å²) >= 11 is 0. The second kappa shape index (κ2) is 8.54. The van der Waals surface area contributed by atoms with E-state index in [1.807, 2.05) is 73.1 Å². The van der Waals surface area contributed by atoms with Crippen molar-refractivity contribution in [3.63, 3.8) is 0 Å². The van der Waals surface area contributed by atoms with E-state index in [-0.39, 0.29) is 5.91 Å². The van der Waals surface area contributed by atoms with Gasteiger partial charge in [-0.25, -0.2) is 0 Å². The molecule has 140 valence electrons. The first kappa shape index (κ1) is 18.7. The van der Waals surface area contributed by atoms with Crippen LogP contribution in [0.25, 0.3) is 0 Å². The minimum atomic E-state index is -0.141. The second-order valence-electron chi connectivity index (χ2n) is 6.62. The largest absolute Gasteiger partial charge is 0.494 e. The predicted octanol–water partition coefficient (Wildman–Crippen LogP) is 4.59. The Kier molecular flexibility index (Phi) is 5.91. The third-order valence-corrected chi connectivity index (χ3v) is 4.19. The molecule has 1 heterocycles. The average Bonchev–Trinajstić information content (AvgIpc) is 2.97. The number of aromatic nitrogens is 2. The van der Waals surface area contributed by atoms with Gasteiger partial charge < -0.3 is 10.1 Å². The Labute approximate surface area is 160 Å². The fourth-order valence-corrected chi connectivity index (χ4v) is 2.91. The monoisotopic (exact) mass is 363 g/mol. The molecule has 5 nitrogen and oxygen atoms in total. The molecule has 3 rings (SSSR count). The van der Waals surface area contributed by atoms with Crippen LogP contribution in [-0.2, 0) is 6.54 Å². The van der Waals surface area contributed by atoms with E-state index in [4.69, 9.17) is 4.74 Å². The molecule has 1 N–H and O–H groups in total. The quantitative estimate of drug-likeness (QED) is 0.668. The Morgan fingerprint density at radius 1 is 1.11 bits per heavy atom. The number of rotatable bonds is 7. The predicted molar refractivity (Wildman–Crippen MR) is 107 cm³/mol. The number of aryl methyl sites for hydroxylation is 2. The fraction of sp³-hybridized carbons (Fsp3) is 0.273. The van der Waals surface area contributed by atoms with Crippen LogP contribution >= 0.6 is 0 Å². The summed E-state index contributed by atoms with van der Waals surface area (Å²) in [7, 11) is 0. The molecule has 0 spiro atoms. The lowest BCUT2D eigenvalue weighted by atomic mass is 10.1. The molecule has 1 aromatic heterocycles. The number of hydrogen-bond donors (Lipinski definition) is 1. The summed E-state index contributed by atoms with van der Waals surface area (Å²) < 4.78 is 7.57. The van der Waals surface area contributed by atoms with Crippen molar-refractivity contribution in [1.82, 2.24) is 9.78 Å². The van der Waals surface area contributed by atoms with Crippen LogP contribution in [0.2, 0.25) is 0 Å². The van der Waals surface area contributed by atoms with Crippen molar-refractivity contribution in [3.8, 4) is 5.75 Å². The van der Waals surface area contributed by atoms with Gasteiger partial charge in [0.2, 0.25) is 0 Å². The molecule has 0 saturated heterocycles. The highest BCUT2D eigenvalue weighted by Crippen LogP contribution is 2.19. The standard InChI is InChI=1S/C22H25N3O2/c1-4-11-27-21-10-6-9-20(14-21)23-22(26)19-8-5-7-18(13-19)15-25-17(3)12-16(2)24-25/h5-10,12-14H,4,11,15H2,1-3H3,(H,23,26). The topological polar surface area (TPSA) is 56.1 Å². The van der Waals surface area contributed by atoms with Crippen molar-refractivity contribution in [3.05, 3.63) is 77.1 Å². The Bertz CT molecular complexity index is 931. The third-order valence-electron chi connectivity index (χ3n) is 4.19. The Balaban J connectivity index is 1.71. The van der Waals surface area contributed by atoms with E-state index in [1.54, 1.807) is 0 Å². The number of anilines is 1. The van der Waals surface area contributed by atoms with E-state index >= 15 is 0 Å². The molecule has 0 aliphatic rings. The summed E-state index contributed by atoms with van der Waals surface area (Å²) in [6, 6.07) is 17.1. The van der Waals surface area contributed by atoms with Gasteiger partial charge in [0.25, 0.3) is 5.91 Å². The maximum absolute atomic E-state index is 12.6. The molecule has 0 bridgehead atoms. The van der Waals surface area contributed by atoms with Crippen LogP contribution < -0.4 is 10.1 Å². The summed E-state index contributed by atoms with van der Waals surface area (Å²) in [4.78, 5) is 12.6. The number of hydrogen-bond acceptors (Lipinski definition) is 3. The number of benzene rings is 2. The number of ether oxygens (including phenoxy) is 1. The molecular weight excluding hydrogens is 338 g/mol. The van der Waals surface area contributed by atoms with E-state index in [0.717, 1.165) is 34.8 Å². The summed E-state index contributed by atoms with van der Waals surface area (Å²) in [6.07, 6.45) is 0.943. The van der Waals surface area contributed by atoms with Crippen LogP contribution in [0.1, 0.15) is 40.7 Å². The molecule has 0 aliphatic carbocycles. The van der Waals surface area contributed by atoms with Crippen LogP contribution in [-0.4, -0.2) is 22.3 Å². The molecule has 0 atom stereocenters. The maximum Gasteiger partial charge on any atom is 0.255 e. The minimum Gasteiger partial charge on any atom is -0.494 e. The first-order valence-corrected chi connectivity index (χ1v) is 9.19. The van der Waals surface area contributed by atoms with E-state index in [1.165, 1.54) is 0 Å². The maximum atomic E-state index is 12.6. The van der Waals surface area contributed by atoms with Gasteiger partial charge in [0.05, 0.1) is 18.8 Å². The zero-order valence-corrected chi connectivity index (χ0v) is 16.0. The molecule has 0 aliphatic heterocycles. The number of carbonyl (C=O) groups is 1. The van der Waals surface area contributed by atoms with Crippen molar-refractivity contribution in [2.45, 2.75) is 33.7 Å². The lowest BCUT2D eigenvalue weighted by Gasteiger charge is -2.10. The first-order chi connectivity index (χ1) is 13.0. The SMILES string of the molecule is CCCOc1cccc(NC(=O)c2cccc(Cn3nc(C)cc3C)c2)c1. The zero-order chi connectivity index (χ0) is 19.2. The van der Waals surface area contributed by atoms with Crippen molar-refractivity contribution in [2.75, 3.05) is 11.9 Å². The van der Waals surface area contributed by atoms with Gasteiger partial charge in [-0.3, -0.25) is 9.48 Å². The molecule has 5 heteroatoms. The van der Waals surface area contributed by atoms with Gasteiger partial charge in [0.15, 0.2) is 0 Å². The lowest BCUT2D eigenvalue weighted by molar-refractivity contribution is 0.102. The van der Waals surface area contributed by atoms with Gasteiger partial charge in [-0.2, -0.15) is 5.10 Å². The van der Waals surface area contributed by atoms with Gasteiger partial charge in [-0.05, 0) is 56.2 Å². The Hall–Kier alpha value is -3.08. The smallest absolute Gasteiger partial charge is 0.255 e.